The van der Waals surface area contributed by atoms with Crippen molar-refractivity contribution in [1.82, 2.24) is 10.2 Å². The number of methoxy groups -OCH3 is 1. The summed E-state index contributed by atoms with van der Waals surface area (Å²) in [7, 11) is -2.30. The Morgan fingerprint density at radius 2 is 1.79 bits per heavy atom. The first kappa shape index (κ1) is 28.5. The van der Waals surface area contributed by atoms with E-state index in [0.29, 0.717) is 36.9 Å². The Morgan fingerprint density at radius 1 is 1.08 bits per heavy atom. The van der Waals surface area contributed by atoms with Crippen LogP contribution in [-0.2, 0) is 26.2 Å². The van der Waals surface area contributed by atoms with Crippen molar-refractivity contribution < 1.29 is 32.2 Å². The van der Waals surface area contributed by atoms with Gasteiger partial charge in [0.15, 0.2) is 11.5 Å². The molecule has 2 aromatic carbocycles. The second kappa shape index (κ2) is 12.6. The second-order valence-corrected chi connectivity index (χ2v) is 11.8. The quantitative estimate of drug-likeness (QED) is 0.450. The molecule has 1 aliphatic carbocycles. The van der Waals surface area contributed by atoms with Crippen molar-refractivity contribution in [2.75, 3.05) is 37.4 Å². The van der Waals surface area contributed by atoms with Gasteiger partial charge in [-0.2, -0.15) is 0 Å². The molecule has 0 aromatic heterocycles. The van der Waals surface area contributed by atoms with Gasteiger partial charge < -0.3 is 24.4 Å². The fraction of sp³-hybridized carbons (Fsp3) is 0.500. The van der Waals surface area contributed by atoms with E-state index in [9.17, 15) is 18.0 Å². The number of carbonyl (C=O) groups is 2. The lowest BCUT2D eigenvalue weighted by Crippen LogP contribution is -2.53. The minimum Gasteiger partial charge on any atom is -0.497 e. The third-order valence-corrected chi connectivity index (χ3v) is 8.21. The van der Waals surface area contributed by atoms with E-state index in [0.717, 1.165) is 41.8 Å². The summed E-state index contributed by atoms with van der Waals surface area (Å²) >= 11 is 0. The highest BCUT2D eigenvalue weighted by Gasteiger charge is 2.33. The largest absolute Gasteiger partial charge is 0.497 e. The molecule has 2 aromatic rings. The van der Waals surface area contributed by atoms with Gasteiger partial charge in [-0.05, 0) is 49.1 Å². The summed E-state index contributed by atoms with van der Waals surface area (Å²) in [5.41, 5.74) is 1.04. The zero-order valence-corrected chi connectivity index (χ0v) is 23.5. The fourth-order valence-electron chi connectivity index (χ4n) is 5.06. The van der Waals surface area contributed by atoms with Crippen molar-refractivity contribution in [3.63, 3.8) is 0 Å². The molecule has 212 valence electrons. The van der Waals surface area contributed by atoms with Crippen LogP contribution in [0.15, 0.2) is 42.5 Å². The van der Waals surface area contributed by atoms with Gasteiger partial charge in [0.1, 0.15) is 31.5 Å². The molecule has 1 atom stereocenters. The molecule has 0 radical (unpaired) electrons. The predicted octanol–water partition coefficient (Wildman–Crippen LogP) is 3.10. The number of rotatable bonds is 11. The molecule has 1 N–H and O–H groups in total. The van der Waals surface area contributed by atoms with Gasteiger partial charge in [0, 0.05) is 18.7 Å². The molecule has 0 bridgehead atoms. The van der Waals surface area contributed by atoms with E-state index in [4.69, 9.17) is 14.2 Å². The fourth-order valence-corrected chi connectivity index (χ4v) is 5.90. The monoisotopic (exact) mass is 559 g/mol. The van der Waals surface area contributed by atoms with E-state index < -0.39 is 28.5 Å². The van der Waals surface area contributed by atoms with Gasteiger partial charge in [-0.1, -0.05) is 31.9 Å². The first-order chi connectivity index (χ1) is 18.7. The van der Waals surface area contributed by atoms with Gasteiger partial charge in [-0.25, -0.2) is 8.42 Å². The van der Waals surface area contributed by atoms with Crippen molar-refractivity contribution >= 4 is 27.5 Å². The summed E-state index contributed by atoms with van der Waals surface area (Å²) in [4.78, 5) is 28.8. The van der Waals surface area contributed by atoms with E-state index in [-0.39, 0.29) is 24.2 Å². The van der Waals surface area contributed by atoms with Crippen LogP contribution in [0.2, 0.25) is 0 Å². The third-order valence-electron chi connectivity index (χ3n) is 7.07. The highest BCUT2D eigenvalue weighted by molar-refractivity contribution is 7.92. The lowest BCUT2D eigenvalue weighted by molar-refractivity contribution is -0.140. The number of ether oxygens (including phenoxy) is 3. The van der Waals surface area contributed by atoms with Gasteiger partial charge in [0.05, 0.1) is 19.1 Å². The average molecular weight is 560 g/mol. The van der Waals surface area contributed by atoms with Crippen molar-refractivity contribution in [3.05, 3.63) is 48.0 Å². The average Bonchev–Trinajstić information content (AvgIpc) is 3.43. The van der Waals surface area contributed by atoms with E-state index in [1.54, 1.807) is 37.4 Å². The molecular weight excluding hydrogens is 522 g/mol. The summed E-state index contributed by atoms with van der Waals surface area (Å²) in [6.07, 6.45) is 5.38. The molecule has 0 saturated heterocycles. The third kappa shape index (κ3) is 7.14. The molecule has 10 nitrogen and oxygen atoms in total. The van der Waals surface area contributed by atoms with Crippen LogP contribution in [0.1, 0.15) is 44.6 Å². The van der Waals surface area contributed by atoms with Gasteiger partial charge in [0.2, 0.25) is 21.8 Å². The Hall–Kier alpha value is -3.47. The van der Waals surface area contributed by atoms with Crippen molar-refractivity contribution in [2.45, 2.75) is 57.7 Å². The molecule has 1 fully saturated rings. The van der Waals surface area contributed by atoms with Crippen LogP contribution in [-0.4, -0.2) is 70.3 Å². The number of benzene rings is 2. The zero-order chi connectivity index (χ0) is 28.0. The first-order valence-corrected chi connectivity index (χ1v) is 15.1. The molecule has 2 aliphatic rings. The Bertz CT molecular complexity index is 1280. The molecule has 1 saturated carbocycles. The Labute approximate surface area is 230 Å². The van der Waals surface area contributed by atoms with Crippen LogP contribution in [0, 0.1) is 0 Å². The highest BCUT2D eigenvalue weighted by Crippen LogP contribution is 2.35. The summed E-state index contributed by atoms with van der Waals surface area (Å²) in [5, 5.41) is 3.10. The van der Waals surface area contributed by atoms with Gasteiger partial charge in [-0.15, -0.1) is 0 Å². The Balaban J connectivity index is 1.64. The van der Waals surface area contributed by atoms with Crippen LogP contribution in [0.3, 0.4) is 0 Å². The number of hydrogen-bond acceptors (Lipinski definition) is 7. The van der Waals surface area contributed by atoms with E-state index in [2.05, 4.69) is 5.32 Å². The molecule has 4 rings (SSSR count). The van der Waals surface area contributed by atoms with Crippen molar-refractivity contribution in [3.8, 4) is 17.2 Å². The predicted molar refractivity (Wildman–Crippen MR) is 148 cm³/mol. The van der Waals surface area contributed by atoms with Gasteiger partial charge in [-0.3, -0.25) is 13.9 Å². The molecular formula is C28H37N3O7S. The number of amides is 2. The summed E-state index contributed by atoms with van der Waals surface area (Å²) in [6.45, 7) is 2.24. The lowest BCUT2D eigenvalue weighted by atomic mass is 10.1. The van der Waals surface area contributed by atoms with Crippen LogP contribution < -0.4 is 23.8 Å². The lowest BCUT2D eigenvalue weighted by Gasteiger charge is -2.33. The van der Waals surface area contributed by atoms with Gasteiger partial charge in [0.25, 0.3) is 0 Å². The maximum atomic E-state index is 13.9. The topological polar surface area (TPSA) is 114 Å². The maximum Gasteiger partial charge on any atom is 0.244 e. The number of fused-ring (bicyclic) bond motifs is 1. The summed E-state index contributed by atoms with van der Waals surface area (Å²) < 4.78 is 43.3. The normalized spacial score (nSPS) is 15.9. The van der Waals surface area contributed by atoms with Crippen LogP contribution in [0.4, 0.5) is 5.69 Å². The number of anilines is 1. The molecule has 2 amide bonds. The maximum absolute atomic E-state index is 13.9. The van der Waals surface area contributed by atoms with Crippen molar-refractivity contribution in [2.24, 2.45) is 0 Å². The standard InChI is InChI=1S/C28H37N3O7S/c1-4-24(28(33)29-21-9-5-6-10-21)30(18-20-8-7-11-23(16-20)36-2)27(32)19-31(39(3,34)35)22-12-13-25-26(17-22)38-15-14-37-25/h7-8,11-13,16-17,21,24H,4-6,9-10,14-15,18-19H2,1-3H3,(H,29,33)/t24-/m1/s1. The number of nitrogens with one attached hydrogen (secondary N) is 1. The number of carbonyl (C=O) groups excluding carboxylic acids is 2. The minimum absolute atomic E-state index is 0.0885. The zero-order valence-electron chi connectivity index (χ0n) is 22.7. The van der Waals surface area contributed by atoms with E-state index in [1.807, 2.05) is 19.1 Å². The Kier molecular flexibility index (Phi) is 9.21. The number of hydrogen-bond donors (Lipinski definition) is 1. The first-order valence-electron chi connectivity index (χ1n) is 13.3. The Morgan fingerprint density at radius 3 is 2.46 bits per heavy atom. The molecule has 1 heterocycles. The second-order valence-electron chi connectivity index (χ2n) is 9.88. The van der Waals surface area contributed by atoms with Crippen LogP contribution >= 0.6 is 0 Å². The van der Waals surface area contributed by atoms with E-state index in [1.165, 1.54) is 4.90 Å². The van der Waals surface area contributed by atoms with Crippen LogP contribution in [0.25, 0.3) is 0 Å². The summed E-state index contributed by atoms with van der Waals surface area (Å²) in [6, 6.07) is 11.3. The van der Waals surface area contributed by atoms with Crippen molar-refractivity contribution in [1.29, 1.82) is 0 Å². The van der Waals surface area contributed by atoms with Gasteiger partial charge >= 0.3 is 0 Å². The SMILES string of the molecule is CC[C@H](C(=O)NC1CCCC1)N(Cc1cccc(OC)c1)C(=O)CN(c1ccc2c(c1)OCCO2)S(C)(=O)=O. The molecule has 1 aliphatic heterocycles. The molecule has 0 spiro atoms. The van der Waals surface area contributed by atoms with Crippen LogP contribution in [0.5, 0.6) is 17.2 Å². The number of nitrogens with zero attached hydrogens (tertiary/aromatic N) is 2. The molecule has 39 heavy (non-hydrogen) atoms. The molecule has 0 unspecified atom stereocenters. The smallest absolute Gasteiger partial charge is 0.244 e. The van der Waals surface area contributed by atoms with E-state index >= 15 is 0 Å². The number of sulfonamides is 1. The minimum atomic E-state index is -3.86. The summed E-state index contributed by atoms with van der Waals surface area (Å²) in [5.74, 6) is 0.823. The molecule has 11 heteroatoms. The highest BCUT2D eigenvalue weighted by atomic mass is 32.2.